The van der Waals surface area contributed by atoms with E-state index in [4.69, 9.17) is 14.0 Å². The van der Waals surface area contributed by atoms with Gasteiger partial charge in [-0.1, -0.05) is 17.3 Å². The number of hydrogen-bond donors (Lipinski definition) is 0. The molecule has 1 fully saturated rings. The van der Waals surface area contributed by atoms with Crippen molar-refractivity contribution in [1.82, 2.24) is 10.1 Å². The van der Waals surface area contributed by atoms with Crippen LogP contribution < -0.4 is 19.3 Å². The first kappa shape index (κ1) is 22.6. The quantitative estimate of drug-likeness (QED) is 0.503. The monoisotopic (exact) mass is 450 g/mol. The first-order valence-electron chi connectivity index (χ1n) is 11.4. The third-order valence-corrected chi connectivity index (χ3v) is 5.92. The number of piperidine rings is 1. The highest BCUT2D eigenvalue weighted by molar-refractivity contribution is 5.96. The molecule has 2 aromatic carbocycles. The highest BCUT2D eigenvalue weighted by Crippen LogP contribution is 2.32. The maximum Gasteiger partial charge on any atom is 0.324 e. The Labute approximate surface area is 194 Å². The number of carbonyl (C=O) groups is 1. The Balaban J connectivity index is 1.40. The average molecular weight is 451 g/mol. The van der Waals surface area contributed by atoms with Crippen LogP contribution in [0.1, 0.15) is 26.7 Å². The SMILES string of the molecule is CCOc1ccccc1N(CC)C(=O)C1CCN(c2nc(-c3ccc(OC)cc3)no2)CC1. The third kappa shape index (κ3) is 4.94. The third-order valence-electron chi connectivity index (χ3n) is 5.92. The van der Waals surface area contributed by atoms with Gasteiger partial charge in [-0.15, -0.1) is 0 Å². The predicted octanol–water partition coefficient (Wildman–Crippen LogP) is 4.41. The minimum absolute atomic E-state index is 0.0557. The van der Waals surface area contributed by atoms with E-state index in [-0.39, 0.29) is 11.8 Å². The highest BCUT2D eigenvalue weighted by atomic mass is 16.5. The molecule has 0 aliphatic carbocycles. The number of rotatable bonds is 8. The van der Waals surface area contributed by atoms with Gasteiger partial charge in [-0.25, -0.2) is 0 Å². The van der Waals surface area contributed by atoms with Crippen molar-refractivity contribution in [2.45, 2.75) is 26.7 Å². The van der Waals surface area contributed by atoms with Gasteiger partial charge < -0.3 is 23.8 Å². The van der Waals surface area contributed by atoms with Crippen LogP contribution in [0.25, 0.3) is 11.4 Å². The molecule has 4 rings (SSSR count). The topological polar surface area (TPSA) is 80.9 Å². The van der Waals surface area contributed by atoms with Crippen molar-refractivity contribution in [3.8, 4) is 22.9 Å². The van der Waals surface area contributed by atoms with Crippen molar-refractivity contribution < 1.29 is 18.8 Å². The summed E-state index contributed by atoms with van der Waals surface area (Å²) in [5.74, 6) is 2.13. The number of hydrogen-bond acceptors (Lipinski definition) is 7. The lowest BCUT2D eigenvalue weighted by atomic mass is 9.95. The molecule has 8 heteroatoms. The van der Waals surface area contributed by atoms with Gasteiger partial charge in [0.05, 0.1) is 19.4 Å². The van der Waals surface area contributed by atoms with Crippen LogP contribution >= 0.6 is 0 Å². The van der Waals surface area contributed by atoms with Crippen LogP contribution in [0.15, 0.2) is 53.1 Å². The first-order valence-corrected chi connectivity index (χ1v) is 11.4. The molecule has 0 saturated carbocycles. The second-order valence-electron chi connectivity index (χ2n) is 7.87. The lowest BCUT2D eigenvalue weighted by molar-refractivity contribution is -0.123. The van der Waals surface area contributed by atoms with Crippen molar-refractivity contribution in [3.63, 3.8) is 0 Å². The summed E-state index contributed by atoms with van der Waals surface area (Å²) < 4.78 is 16.5. The number of carbonyl (C=O) groups excluding carboxylic acids is 1. The number of methoxy groups -OCH3 is 1. The Bertz CT molecular complexity index is 1060. The molecule has 1 aliphatic heterocycles. The van der Waals surface area contributed by atoms with Crippen LogP contribution in [0.2, 0.25) is 0 Å². The fourth-order valence-corrected chi connectivity index (χ4v) is 4.14. The zero-order chi connectivity index (χ0) is 23.2. The molecule has 1 amide bonds. The lowest BCUT2D eigenvalue weighted by Crippen LogP contribution is -2.43. The van der Waals surface area contributed by atoms with Crippen LogP contribution in [0.3, 0.4) is 0 Å². The van der Waals surface area contributed by atoms with Gasteiger partial charge in [-0.05, 0) is 63.1 Å². The lowest BCUT2D eigenvalue weighted by Gasteiger charge is -2.33. The maximum absolute atomic E-state index is 13.4. The molecule has 0 radical (unpaired) electrons. The Kier molecular flexibility index (Phi) is 7.12. The van der Waals surface area contributed by atoms with E-state index in [0.29, 0.717) is 38.1 Å². The molecule has 0 bridgehead atoms. The number of nitrogens with zero attached hydrogens (tertiary/aromatic N) is 4. The zero-order valence-corrected chi connectivity index (χ0v) is 19.4. The Morgan fingerprint density at radius 1 is 1.12 bits per heavy atom. The van der Waals surface area contributed by atoms with E-state index in [1.807, 2.05) is 72.2 Å². The molecule has 0 spiro atoms. The summed E-state index contributed by atoms with van der Waals surface area (Å²) in [4.78, 5) is 21.8. The van der Waals surface area contributed by atoms with Gasteiger partial charge in [0, 0.05) is 31.1 Å². The van der Waals surface area contributed by atoms with Gasteiger partial charge in [0.2, 0.25) is 11.7 Å². The number of anilines is 2. The summed E-state index contributed by atoms with van der Waals surface area (Å²) in [7, 11) is 1.63. The van der Waals surface area contributed by atoms with E-state index in [1.54, 1.807) is 7.11 Å². The van der Waals surface area contributed by atoms with Crippen LogP contribution in [0.4, 0.5) is 11.7 Å². The van der Waals surface area contributed by atoms with Gasteiger partial charge in [-0.2, -0.15) is 4.98 Å². The van der Waals surface area contributed by atoms with Crippen molar-refractivity contribution in [3.05, 3.63) is 48.5 Å². The van der Waals surface area contributed by atoms with E-state index in [9.17, 15) is 4.79 Å². The van der Waals surface area contributed by atoms with Crippen LogP contribution in [-0.4, -0.2) is 49.4 Å². The van der Waals surface area contributed by atoms with E-state index < -0.39 is 0 Å². The van der Waals surface area contributed by atoms with E-state index in [2.05, 4.69) is 10.1 Å². The van der Waals surface area contributed by atoms with Crippen molar-refractivity contribution in [1.29, 1.82) is 0 Å². The summed E-state index contributed by atoms with van der Waals surface area (Å²) in [5, 5.41) is 4.12. The summed E-state index contributed by atoms with van der Waals surface area (Å²) in [6, 6.07) is 15.7. The molecular weight excluding hydrogens is 420 g/mol. The summed E-state index contributed by atoms with van der Waals surface area (Å²) in [5.41, 5.74) is 1.69. The van der Waals surface area contributed by atoms with Crippen molar-refractivity contribution >= 4 is 17.6 Å². The summed E-state index contributed by atoms with van der Waals surface area (Å²) >= 11 is 0. The molecule has 0 N–H and O–H groups in total. The van der Waals surface area contributed by atoms with Gasteiger partial charge in [0.15, 0.2) is 0 Å². The van der Waals surface area contributed by atoms with Gasteiger partial charge >= 0.3 is 6.01 Å². The molecule has 1 aliphatic rings. The average Bonchev–Trinajstić information content (AvgIpc) is 3.36. The normalized spacial score (nSPS) is 14.2. The molecule has 0 atom stereocenters. The van der Waals surface area contributed by atoms with Crippen LogP contribution in [-0.2, 0) is 4.79 Å². The van der Waals surface area contributed by atoms with Crippen LogP contribution in [0.5, 0.6) is 11.5 Å². The number of ether oxygens (including phenoxy) is 2. The molecule has 33 heavy (non-hydrogen) atoms. The summed E-state index contributed by atoms with van der Waals surface area (Å²) in [6.45, 7) is 6.47. The van der Waals surface area contributed by atoms with E-state index >= 15 is 0 Å². The van der Waals surface area contributed by atoms with Crippen LogP contribution in [0, 0.1) is 5.92 Å². The largest absolute Gasteiger partial charge is 0.497 e. The molecule has 1 saturated heterocycles. The van der Waals surface area contributed by atoms with E-state index in [1.165, 1.54) is 0 Å². The maximum atomic E-state index is 13.4. The number of benzene rings is 2. The van der Waals surface area contributed by atoms with Crippen molar-refractivity contribution in [2.75, 3.05) is 43.2 Å². The Hall–Kier alpha value is -3.55. The number of aromatic nitrogens is 2. The fourth-order valence-electron chi connectivity index (χ4n) is 4.14. The zero-order valence-electron chi connectivity index (χ0n) is 19.4. The molecule has 2 heterocycles. The Morgan fingerprint density at radius 3 is 2.52 bits per heavy atom. The predicted molar refractivity (Wildman–Crippen MR) is 127 cm³/mol. The Morgan fingerprint density at radius 2 is 1.85 bits per heavy atom. The molecule has 3 aromatic rings. The minimum atomic E-state index is -0.0557. The van der Waals surface area contributed by atoms with Gasteiger partial charge in [0.1, 0.15) is 11.5 Å². The highest BCUT2D eigenvalue weighted by Gasteiger charge is 2.31. The first-order chi connectivity index (χ1) is 16.1. The van der Waals surface area contributed by atoms with E-state index in [0.717, 1.165) is 35.6 Å². The molecule has 174 valence electrons. The number of amides is 1. The number of para-hydroxylation sites is 2. The fraction of sp³-hybridized carbons (Fsp3) is 0.400. The van der Waals surface area contributed by atoms with Gasteiger partial charge in [0.25, 0.3) is 0 Å². The molecule has 0 unspecified atom stereocenters. The standard InChI is InChI=1S/C25H30N4O4/c1-4-29(21-8-6-7-9-22(21)32-5-2)24(30)19-14-16-28(17-15-19)25-26-23(27-33-25)18-10-12-20(31-3)13-11-18/h6-13,19H,4-5,14-17H2,1-3H3. The second kappa shape index (κ2) is 10.4. The van der Waals surface area contributed by atoms with Crippen molar-refractivity contribution in [2.24, 2.45) is 5.92 Å². The molecular formula is C25H30N4O4. The smallest absolute Gasteiger partial charge is 0.324 e. The minimum Gasteiger partial charge on any atom is -0.497 e. The molecule has 8 nitrogen and oxygen atoms in total. The second-order valence-corrected chi connectivity index (χ2v) is 7.87. The molecule has 1 aromatic heterocycles. The van der Waals surface area contributed by atoms with Gasteiger partial charge in [-0.3, -0.25) is 4.79 Å². The summed E-state index contributed by atoms with van der Waals surface area (Å²) in [6.07, 6.45) is 1.46.